The van der Waals surface area contributed by atoms with Gasteiger partial charge in [-0.05, 0) is 24.6 Å². The Hall–Kier alpha value is -1.92. The standard InChI is InChI=1S/C13H17F3N2O2/c1-3-6-18(8-13(14,15)16)12(19)9-4-5-11(20-2)10(17)7-9/h4-5,7H,3,6,8,17H2,1-2H3. The fourth-order valence-corrected chi connectivity index (χ4v) is 1.79. The molecule has 0 saturated carbocycles. The van der Waals surface area contributed by atoms with Gasteiger partial charge in [-0.2, -0.15) is 13.2 Å². The van der Waals surface area contributed by atoms with Gasteiger partial charge in [0.25, 0.3) is 5.91 Å². The van der Waals surface area contributed by atoms with Gasteiger partial charge >= 0.3 is 6.18 Å². The van der Waals surface area contributed by atoms with E-state index in [2.05, 4.69) is 0 Å². The number of rotatable bonds is 5. The summed E-state index contributed by atoms with van der Waals surface area (Å²) < 4.78 is 42.3. The number of methoxy groups -OCH3 is 1. The average Bonchev–Trinajstić information content (AvgIpc) is 2.35. The third kappa shape index (κ3) is 4.32. The number of alkyl halides is 3. The van der Waals surface area contributed by atoms with Crippen molar-refractivity contribution in [1.29, 1.82) is 0 Å². The van der Waals surface area contributed by atoms with E-state index in [1.165, 1.54) is 25.3 Å². The summed E-state index contributed by atoms with van der Waals surface area (Å²) >= 11 is 0. The van der Waals surface area contributed by atoms with Gasteiger partial charge < -0.3 is 15.4 Å². The van der Waals surface area contributed by atoms with Crippen LogP contribution in [-0.4, -0.2) is 37.2 Å². The molecule has 0 fully saturated rings. The highest BCUT2D eigenvalue weighted by atomic mass is 19.4. The molecule has 0 aliphatic rings. The number of halogens is 3. The Morgan fingerprint density at radius 1 is 1.40 bits per heavy atom. The number of benzene rings is 1. The number of anilines is 1. The Morgan fingerprint density at radius 2 is 2.05 bits per heavy atom. The lowest BCUT2D eigenvalue weighted by atomic mass is 10.1. The summed E-state index contributed by atoms with van der Waals surface area (Å²) in [6.07, 6.45) is -3.99. The minimum Gasteiger partial charge on any atom is -0.495 e. The molecule has 0 bridgehead atoms. The molecular weight excluding hydrogens is 273 g/mol. The van der Waals surface area contributed by atoms with Gasteiger partial charge in [0.05, 0.1) is 12.8 Å². The van der Waals surface area contributed by atoms with Crippen LogP contribution >= 0.6 is 0 Å². The molecule has 0 spiro atoms. The Kier molecular flexibility index (Phi) is 5.24. The van der Waals surface area contributed by atoms with Gasteiger partial charge in [-0.25, -0.2) is 0 Å². The molecule has 0 heterocycles. The lowest BCUT2D eigenvalue weighted by Crippen LogP contribution is -2.39. The molecule has 0 aliphatic carbocycles. The minimum absolute atomic E-state index is 0.0320. The summed E-state index contributed by atoms with van der Waals surface area (Å²) in [4.78, 5) is 12.9. The topological polar surface area (TPSA) is 55.6 Å². The van der Waals surface area contributed by atoms with Gasteiger partial charge in [0.1, 0.15) is 12.3 Å². The third-order valence-electron chi connectivity index (χ3n) is 2.63. The van der Waals surface area contributed by atoms with Crippen molar-refractivity contribution in [3.8, 4) is 5.75 Å². The van der Waals surface area contributed by atoms with E-state index in [9.17, 15) is 18.0 Å². The van der Waals surface area contributed by atoms with Gasteiger partial charge in [0.2, 0.25) is 0 Å². The van der Waals surface area contributed by atoms with Crippen LogP contribution in [0.15, 0.2) is 18.2 Å². The van der Waals surface area contributed by atoms with Crippen molar-refractivity contribution < 1.29 is 22.7 Å². The number of carbonyl (C=O) groups excluding carboxylic acids is 1. The molecule has 1 rings (SSSR count). The monoisotopic (exact) mass is 290 g/mol. The van der Waals surface area contributed by atoms with Crippen LogP contribution in [0.1, 0.15) is 23.7 Å². The fourth-order valence-electron chi connectivity index (χ4n) is 1.79. The van der Waals surface area contributed by atoms with Crippen molar-refractivity contribution in [2.24, 2.45) is 0 Å². The van der Waals surface area contributed by atoms with Crippen molar-refractivity contribution in [2.75, 3.05) is 25.9 Å². The molecule has 0 aliphatic heterocycles. The van der Waals surface area contributed by atoms with E-state index in [4.69, 9.17) is 10.5 Å². The maximum Gasteiger partial charge on any atom is 0.406 e. The molecule has 1 aromatic rings. The van der Waals surface area contributed by atoms with E-state index < -0.39 is 18.6 Å². The second kappa shape index (κ2) is 6.49. The van der Waals surface area contributed by atoms with Crippen LogP contribution in [0.5, 0.6) is 5.75 Å². The first-order valence-electron chi connectivity index (χ1n) is 6.08. The Bertz CT molecular complexity index is 475. The molecule has 4 nitrogen and oxygen atoms in total. The number of hydrogen-bond acceptors (Lipinski definition) is 3. The molecule has 0 unspecified atom stereocenters. The van der Waals surface area contributed by atoms with Crippen molar-refractivity contribution in [2.45, 2.75) is 19.5 Å². The minimum atomic E-state index is -4.43. The molecule has 0 radical (unpaired) electrons. The molecule has 0 saturated heterocycles. The van der Waals surface area contributed by atoms with Crippen LogP contribution in [0.3, 0.4) is 0 Å². The average molecular weight is 290 g/mol. The predicted molar refractivity (Wildman–Crippen MR) is 69.7 cm³/mol. The first-order valence-corrected chi connectivity index (χ1v) is 6.08. The van der Waals surface area contributed by atoms with Crippen LogP contribution in [0.4, 0.5) is 18.9 Å². The highest BCUT2D eigenvalue weighted by molar-refractivity contribution is 5.95. The SMILES string of the molecule is CCCN(CC(F)(F)F)C(=O)c1ccc(OC)c(N)c1. The van der Waals surface area contributed by atoms with Crippen molar-refractivity contribution in [3.05, 3.63) is 23.8 Å². The summed E-state index contributed by atoms with van der Waals surface area (Å²) in [6.45, 7) is 0.467. The maximum atomic E-state index is 12.5. The molecular formula is C13H17F3N2O2. The van der Waals surface area contributed by atoms with Crippen molar-refractivity contribution in [3.63, 3.8) is 0 Å². The molecule has 0 atom stereocenters. The van der Waals surface area contributed by atoms with Gasteiger partial charge in [-0.1, -0.05) is 6.92 Å². The number of carbonyl (C=O) groups is 1. The van der Waals surface area contributed by atoms with Crippen molar-refractivity contribution in [1.82, 2.24) is 4.90 Å². The number of nitrogen functional groups attached to an aromatic ring is 1. The van der Waals surface area contributed by atoms with E-state index in [1.807, 2.05) is 0 Å². The lowest BCUT2D eigenvalue weighted by molar-refractivity contribution is -0.140. The van der Waals surface area contributed by atoms with Crippen LogP contribution in [-0.2, 0) is 0 Å². The van der Waals surface area contributed by atoms with E-state index in [0.717, 1.165) is 4.90 Å². The second-order valence-corrected chi connectivity index (χ2v) is 4.30. The molecule has 7 heteroatoms. The predicted octanol–water partition coefficient (Wildman–Crippen LogP) is 2.69. The van der Waals surface area contributed by atoms with Gasteiger partial charge in [-0.3, -0.25) is 4.79 Å². The number of nitrogens with zero attached hydrogens (tertiary/aromatic N) is 1. The highest BCUT2D eigenvalue weighted by Gasteiger charge is 2.33. The highest BCUT2D eigenvalue weighted by Crippen LogP contribution is 2.24. The van der Waals surface area contributed by atoms with Crippen LogP contribution < -0.4 is 10.5 Å². The Morgan fingerprint density at radius 3 is 2.50 bits per heavy atom. The zero-order chi connectivity index (χ0) is 15.3. The normalized spacial score (nSPS) is 11.2. The number of amides is 1. The summed E-state index contributed by atoms with van der Waals surface area (Å²) in [5.74, 6) is -0.321. The lowest BCUT2D eigenvalue weighted by Gasteiger charge is -2.23. The van der Waals surface area contributed by atoms with Crippen LogP contribution in [0.2, 0.25) is 0 Å². The molecule has 2 N–H and O–H groups in total. The summed E-state index contributed by atoms with van der Waals surface area (Å²) in [5.41, 5.74) is 5.98. The Labute approximate surface area is 115 Å². The number of hydrogen-bond donors (Lipinski definition) is 1. The van der Waals surface area contributed by atoms with Crippen LogP contribution in [0.25, 0.3) is 0 Å². The first kappa shape index (κ1) is 16.1. The first-order chi connectivity index (χ1) is 9.28. The zero-order valence-corrected chi connectivity index (χ0v) is 11.3. The van der Waals surface area contributed by atoms with Crippen LogP contribution in [0, 0.1) is 0 Å². The van der Waals surface area contributed by atoms with Gasteiger partial charge in [0, 0.05) is 12.1 Å². The summed E-state index contributed by atoms with van der Waals surface area (Å²) in [5, 5.41) is 0. The van der Waals surface area contributed by atoms with E-state index >= 15 is 0 Å². The number of nitrogens with two attached hydrogens (primary N) is 1. The Balaban J connectivity index is 2.97. The largest absolute Gasteiger partial charge is 0.495 e. The maximum absolute atomic E-state index is 12.5. The fraction of sp³-hybridized carbons (Fsp3) is 0.462. The van der Waals surface area contributed by atoms with E-state index in [0.29, 0.717) is 12.2 Å². The zero-order valence-electron chi connectivity index (χ0n) is 11.3. The molecule has 1 aromatic carbocycles. The van der Waals surface area contributed by atoms with Gasteiger partial charge in [0.15, 0.2) is 0 Å². The molecule has 20 heavy (non-hydrogen) atoms. The van der Waals surface area contributed by atoms with E-state index in [-0.39, 0.29) is 17.8 Å². The van der Waals surface area contributed by atoms with Gasteiger partial charge in [-0.15, -0.1) is 0 Å². The molecule has 0 aromatic heterocycles. The van der Waals surface area contributed by atoms with Crippen molar-refractivity contribution >= 4 is 11.6 Å². The third-order valence-corrected chi connectivity index (χ3v) is 2.63. The number of ether oxygens (including phenoxy) is 1. The summed E-state index contributed by atoms with van der Waals surface area (Å²) in [6, 6.07) is 4.18. The summed E-state index contributed by atoms with van der Waals surface area (Å²) in [7, 11) is 1.42. The molecule has 1 amide bonds. The van der Waals surface area contributed by atoms with E-state index in [1.54, 1.807) is 6.92 Å². The smallest absolute Gasteiger partial charge is 0.406 e. The second-order valence-electron chi connectivity index (χ2n) is 4.30. The molecule has 112 valence electrons. The quantitative estimate of drug-likeness (QED) is 0.848.